The molecule has 0 saturated heterocycles. The Kier molecular flexibility index (Phi) is 21.3. The third kappa shape index (κ3) is 15.6. The third-order valence-corrected chi connectivity index (χ3v) is 13.3. The van der Waals surface area contributed by atoms with Crippen LogP contribution < -0.4 is 63.3 Å². The molecule has 0 fully saturated rings. The maximum Gasteiger partial charge on any atom is 0.407 e. The molecular formula is C60H79N3O13. The standard InChI is InChI=1S/C60H79N3O13/c1-60(2,3)76-59(65)63-20-18-16-14-13-15-17-19-61-58(64)62-21-22-75-57-37-46-26-44-34-52(70-8)42(32-53(44)71-9)24-40-30-48(66-4)38(28-49(40)67-5)23-39-29-51(69-7)41(31-50(39)68-6)25-43-33-55(73-11)45(35-54(43)72-10)27-47(57)36-56(46)74-12/h28-37H,13-27H2,1-12H3,(H,63,65)(H2,61,62,64). The van der Waals surface area contributed by atoms with Crippen LogP contribution in [0.15, 0.2) is 60.7 Å². The number of methoxy groups -OCH3 is 9. The lowest BCUT2D eigenvalue weighted by Gasteiger charge is -2.20. The van der Waals surface area contributed by atoms with E-state index in [1.54, 1.807) is 64.0 Å². The molecule has 0 aromatic heterocycles. The highest BCUT2D eigenvalue weighted by atomic mass is 16.6. The molecule has 76 heavy (non-hydrogen) atoms. The molecule has 16 nitrogen and oxygen atoms in total. The Hall–Kier alpha value is -7.36. The van der Waals surface area contributed by atoms with Gasteiger partial charge in [-0.1, -0.05) is 25.7 Å². The summed E-state index contributed by atoms with van der Waals surface area (Å²) in [5, 5.41) is 8.73. The smallest absolute Gasteiger partial charge is 0.407 e. The number of alkyl carbamates (subject to hydrolysis) is 1. The molecule has 5 aromatic rings. The molecule has 10 aliphatic rings. The number of benzene rings is 5. The highest BCUT2D eigenvalue weighted by Crippen LogP contribution is 2.42. The topological polar surface area (TPSA) is 172 Å². The van der Waals surface area contributed by atoms with Gasteiger partial charge in [-0.25, -0.2) is 9.59 Å². The lowest BCUT2D eigenvalue weighted by molar-refractivity contribution is 0.0526. The van der Waals surface area contributed by atoms with E-state index in [0.717, 1.165) is 94.2 Å². The normalized spacial score (nSPS) is 12.1. The Labute approximate surface area is 449 Å². The number of urea groups is 1. The molecule has 0 unspecified atom stereocenters. The minimum absolute atomic E-state index is 0.194. The van der Waals surface area contributed by atoms with Gasteiger partial charge in [0.25, 0.3) is 0 Å². The molecule has 10 aliphatic carbocycles. The van der Waals surface area contributed by atoms with Crippen molar-refractivity contribution < 1.29 is 61.7 Å². The van der Waals surface area contributed by atoms with E-state index in [1.807, 2.05) is 81.4 Å². The van der Waals surface area contributed by atoms with Gasteiger partial charge in [0.1, 0.15) is 69.7 Å². The van der Waals surface area contributed by atoms with E-state index in [0.29, 0.717) is 103 Å². The van der Waals surface area contributed by atoms with Crippen molar-refractivity contribution in [3.05, 3.63) is 116 Å². The van der Waals surface area contributed by atoms with Gasteiger partial charge in [-0.05, 0) is 94.3 Å². The number of amides is 3. The van der Waals surface area contributed by atoms with Crippen LogP contribution in [-0.4, -0.2) is 108 Å². The van der Waals surface area contributed by atoms with Crippen LogP contribution in [-0.2, 0) is 36.8 Å². The van der Waals surface area contributed by atoms with Crippen molar-refractivity contribution in [1.29, 1.82) is 0 Å². The summed E-state index contributed by atoms with van der Waals surface area (Å²) >= 11 is 0. The van der Waals surface area contributed by atoms with Gasteiger partial charge in [0.15, 0.2) is 0 Å². The highest BCUT2D eigenvalue weighted by Gasteiger charge is 2.24. The van der Waals surface area contributed by atoms with E-state index in [1.165, 1.54) is 0 Å². The fourth-order valence-corrected chi connectivity index (χ4v) is 9.52. The number of hydrogen-bond acceptors (Lipinski definition) is 13. The second-order valence-electron chi connectivity index (χ2n) is 19.6. The first-order valence-electron chi connectivity index (χ1n) is 25.9. The molecule has 3 N–H and O–H groups in total. The molecule has 0 atom stereocenters. The van der Waals surface area contributed by atoms with Crippen LogP contribution in [0.1, 0.15) is 115 Å². The zero-order valence-electron chi connectivity index (χ0n) is 46.7. The predicted octanol–water partition coefficient (Wildman–Crippen LogP) is 10.6. The van der Waals surface area contributed by atoms with Crippen LogP contribution in [0.2, 0.25) is 0 Å². The molecule has 5 aromatic carbocycles. The quantitative estimate of drug-likeness (QED) is 0.0549. The van der Waals surface area contributed by atoms with Crippen LogP contribution in [0.4, 0.5) is 9.59 Å². The average Bonchev–Trinajstić information content (AvgIpc) is 3.40. The first kappa shape index (κ1) is 57.9. The first-order valence-corrected chi connectivity index (χ1v) is 25.9. The average molecular weight is 1050 g/mol. The van der Waals surface area contributed by atoms with Gasteiger partial charge in [0.05, 0.1) is 70.5 Å². The molecule has 16 heteroatoms. The van der Waals surface area contributed by atoms with Crippen molar-refractivity contribution in [3.8, 4) is 57.5 Å². The fourth-order valence-electron chi connectivity index (χ4n) is 9.52. The molecule has 0 aliphatic heterocycles. The summed E-state index contributed by atoms with van der Waals surface area (Å²) in [6.45, 7) is 7.15. The summed E-state index contributed by atoms with van der Waals surface area (Å²) in [6.07, 6.45) is 7.66. The zero-order chi connectivity index (χ0) is 54.8. The minimum atomic E-state index is -0.509. The first-order chi connectivity index (χ1) is 36.7. The van der Waals surface area contributed by atoms with Gasteiger partial charge in [-0.15, -0.1) is 0 Å². The van der Waals surface area contributed by atoms with E-state index in [2.05, 4.69) is 16.0 Å². The van der Waals surface area contributed by atoms with Crippen molar-refractivity contribution in [1.82, 2.24) is 16.0 Å². The number of nitrogens with one attached hydrogen (secondary N) is 3. The molecule has 0 radical (unpaired) electrons. The fraction of sp³-hybridized carbons (Fsp3) is 0.467. The highest BCUT2D eigenvalue weighted by molar-refractivity contribution is 5.73. The number of rotatable bonds is 22. The van der Waals surface area contributed by atoms with Crippen molar-refractivity contribution >= 4 is 12.1 Å². The van der Waals surface area contributed by atoms with Crippen molar-refractivity contribution in [3.63, 3.8) is 0 Å². The maximum absolute atomic E-state index is 12.9. The number of ether oxygens (including phenoxy) is 11. The lowest BCUT2D eigenvalue weighted by atomic mass is 9.94. The Morgan fingerprint density at radius 3 is 0.868 bits per heavy atom. The molecule has 0 saturated carbocycles. The van der Waals surface area contributed by atoms with Crippen LogP contribution in [0.3, 0.4) is 0 Å². The molecule has 0 heterocycles. The Morgan fingerprint density at radius 1 is 0.355 bits per heavy atom. The van der Waals surface area contributed by atoms with Crippen LogP contribution in [0, 0.1) is 0 Å². The SMILES string of the molecule is COc1cc2c(OC)cc1Cc1cc(OC)c(cc1OC)Cc1cc(OC)c(cc1OC)Cc1cc(OC)c(cc1OCCNC(=O)NCCCCCCCCNC(=O)OC(C)(C)C)Cc1cc(OC)c(cc1OC)C2. The monoisotopic (exact) mass is 1050 g/mol. The second kappa shape index (κ2) is 28.0. The number of hydrogen-bond donors (Lipinski definition) is 3. The van der Waals surface area contributed by atoms with Crippen LogP contribution >= 0.6 is 0 Å². The zero-order valence-corrected chi connectivity index (χ0v) is 46.7. The van der Waals surface area contributed by atoms with Gasteiger partial charge < -0.3 is 68.1 Å². The second-order valence-corrected chi connectivity index (χ2v) is 19.6. The van der Waals surface area contributed by atoms with E-state index in [4.69, 9.17) is 52.1 Å². The molecule has 15 rings (SSSR count). The summed E-state index contributed by atoms with van der Waals surface area (Å²) in [6, 6.07) is 19.8. The molecule has 412 valence electrons. The van der Waals surface area contributed by atoms with E-state index >= 15 is 0 Å². The largest absolute Gasteiger partial charge is 0.496 e. The van der Waals surface area contributed by atoms with Gasteiger partial charge in [-0.2, -0.15) is 0 Å². The van der Waals surface area contributed by atoms with Crippen molar-refractivity contribution in [2.75, 3.05) is 90.2 Å². The number of unbranched alkanes of at least 4 members (excludes halogenated alkanes) is 5. The van der Waals surface area contributed by atoms with E-state index in [-0.39, 0.29) is 25.3 Å². The third-order valence-electron chi connectivity index (χ3n) is 13.3. The predicted molar refractivity (Wildman–Crippen MR) is 294 cm³/mol. The van der Waals surface area contributed by atoms with Crippen LogP contribution in [0.25, 0.3) is 0 Å². The number of carbonyl (C=O) groups excluding carboxylic acids is 2. The molecule has 10 bridgehead atoms. The van der Waals surface area contributed by atoms with Crippen molar-refractivity contribution in [2.45, 2.75) is 97.0 Å². The van der Waals surface area contributed by atoms with Gasteiger partial charge in [0, 0.05) is 101 Å². The summed E-state index contributed by atoms with van der Waals surface area (Å²) in [5.74, 6) is 6.67. The van der Waals surface area contributed by atoms with Gasteiger partial charge in [-0.3, -0.25) is 0 Å². The summed E-state index contributed by atoms with van der Waals surface area (Å²) in [4.78, 5) is 24.8. The Morgan fingerprint density at radius 2 is 0.592 bits per heavy atom. The van der Waals surface area contributed by atoms with Crippen molar-refractivity contribution in [2.24, 2.45) is 0 Å². The van der Waals surface area contributed by atoms with Crippen LogP contribution in [0.5, 0.6) is 57.5 Å². The van der Waals surface area contributed by atoms with E-state index in [9.17, 15) is 9.59 Å². The van der Waals surface area contributed by atoms with Gasteiger partial charge in [0.2, 0.25) is 0 Å². The van der Waals surface area contributed by atoms with E-state index < -0.39 is 5.60 Å². The Bertz CT molecular complexity index is 2750. The minimum Gasteiger partial charge on any atom is -0.496 e. The summed E-state index contributed by atoms with van der Waals surface area (Å²) in [5.41, 5.74) is 8.27. The number of carbonyl (C=O) groups is 2. The maximum atomic E-state index is 12.9. The summed E-state index contributed by atoms with van der Waals surface area (Å²) < 4.78 is 66.5. The van der Waals surface area contributed by atoms with Gasteiger partial charge >= 0.3 is 12.1 Å². The molecule has 0 spiro atoms. The summed E-state index contributed by atoms with van der Waals surface area (Å²) in [7, 11) is 14.9. The molecular weight excluding hydrogens is 971 g/mol. The molecule has 3 amide bonds. The Balaban J connectivity index is 1.28. The lowest BCUT2D eigenvalue weighted by Crippen LogP contribution is -2.38.